The summed E-state index contributed by atoms with van der Waals surface area (Å²) in [7, 11) is 0. The van der Waals surface area contributed by atoms with Crippen LogP contribution in [0.3, 0.4) is 0 Å². The van der Waals surface area contributed by atoms with E-state index in [1.165, 1.54) is 0 Å². The van der Waals surface area contributed by atoms with Crippen LogP contribution in [0.1, 0.15) is 37.3 Å². The number of allylic oxidation sites excluding steroid dienone is 1. The molecule has 1 N–H and O–H groups in total. The van der Waals surface area contributed by atoms with E-state index in [0.29, 0.717) is 24.8 Å². The number of amides is 1. The molecule has 0 saturated carbocycles. The number of carbonyl (C=O) groups is 1. The van der Waals surface area contributed by atoms with E-state index in [9.17, 15) is 4.79 Å². The second kappa shape index (κ2) is 7.56. The minimum atomic E-state index is -0.263. The third kappa shape index (κ3) is 3.69. The number of hydrogen-bond acceptors (Lipinski definition) is 4. The molecule has 6 nitrogen and oxygen atoms in total. The summed E-state index contributed by atoms with van der Waals surface area (Å²) >= 11 is 0. The molecule has 2 aliphatic rings. The smallest absolute Gasteiger partial charge is 0.413 e. The number of piperidine rings is 1. The van der Waals surface area contributed by atoms with Crippen molar-refractivity contribution in [1.82, 2.24) is 15.1 Å². The van der Waals surface area contributed by atoms with Gasteiger partial charge >= 0.3 is 6.09 Å². The zero-order valence-corrected chi connectivity index (χ0v) is 14.6. The van der Waals surface area contributed by atoms with E-state index in [1.807, 2.05) is 24.4 Å². The lowest BCUT2D eigenvalue weighted by atomic mass is 9.93. The number of aliphatic imine (C=N–C) groups is 1. The summed E-state index contributed by atoms with van der Waals surface area (Å²) in [5, 5.41) is 7.62. The van der Waals surface area contributed by atoms with E-state index in [0.717, 1.165) is 42.6 Å². The molecule has 4 rings (SSSR count). The van der Waals surface area contributed by atoms with Crippen LogP contribution in [0, 0.1) is 0 Å². The highest BCUT2D eigenvalue weighted by atomic mass is 16.6. The normalized spacial score (nSPS) is 17.8. The Morgan fingerprint density at radius 1 is 1.19 bits per heavy atom. The summed E-state index contributed by atoms with van der Waals surface area (Å²) in [4.78, 5) is 18.1. The number of H-pyrrole nitrogens is 1. The van der Waals surface area contributed by atoms with Crippen LogP contribution in [0.2, 0.25) is 0 Å². The van der Waals surface area contributed by atoms with Crippen molar-refractivity contribution >= 4 is 12.3 Å². The monoisotopic (exact) mass is 350 g/mol. The maximum Gasteiger partial charge on any atom is 0.414 e. The van der Waals surface area contributed by atoms with Crippen LogP contribution in [0.15, 0.2) is 53.3 Å². The fourth-order valence-electron chi connectivity index (χ4n) is 3.41. The Bertz CT molecular complexity index is 817. The Hall–Kier alpha value is -2.89. The first-order valence-corrected chi connectivity index (χ1v) is 9.08. The number of carbonyl (C=O) groups excluding carboxylic acids is 1. The number of nitrogens with one attached hydrogen (secondary N) is 1. The summed E-state index contributed by atoms with van der Waals surface area (Å²) in [5.74, 6) is 1.04. The highest BCUT2D eigenvalue weighted by molar-refractivity contribution is 5.69. The predicted molar refractivity (Wildman–Crippen MR) is 99.9 cm³/mol. The van der Waals surface area contributed by atoms with Gasteiger partial charge in [0.1, 0.15) is 5.76 Å². The Kier molecular flexibility index (Phi) is 4.82. The lowest BCUT2D eigenvalue weighted by molar-refractivity contribution is 0.114. The van der Waals surface area contributed by atoms with Gasteiger partial charge < -0.3 is 9.64 Å². The zero-order chi connectivity index (χ0) is 17.8. The van der Waals surface area contributed by atoms with Gasteiger partial charge in [0.25, 0.3) is 0 Å². The molecule has 0 bridgehead atoms. The molecule has 1 aromatic carbocycles. The quantitative estimate of drug-likeness (QED) is 0.906. The Labute approximate surface area is 152 Å². The van der Waals surface area contributed by atoms with E-state index in [-0.39, 0.29) is 6.09 Å². The standard InChI is InChI=1S/C20H22N4O2/c25-20(26-17-7-4-10-21-14-17)24-11-8-16(9-12-24)19-13-18(22-23-19)15-5-2-1-3-6-15/h1-3,5-6,10,13-14,16H,4,7-9,11-12H2,(H,22,23). The van der Waals surface area contributed by atoms with Gasteiger partial charge in [0.15, 0.2) is 0 Å². The number of ether oxygens (including phenoxy) is 1. The highest BCUT2D eigenvalue weighted by Crippen LogP contribution is 2.29. The van der Waals surface area contributed by atoms with Gasteiger partial charge in [-0.15, -0.1) is 0 Å². The van der Waals surface area contributed by atoms with Gasteiger partial charge in [0, 0.05) is 42.9 Å². The molecule has 3 heterocycles. The third-order valence-electron chi connectivity index (χ3n) is 4.92. The number of likely N-dealkylation sites (tertiary alicyclic amines) is 1. The molecule has 1 fully saturated rings. The van der Waals surface area contributed by atoms with Crippen LogP contribution in [-0.4, -0.2) is 40.5 Å². The summed E-state index contributed by atoms with van der Waals surface area (Å²) in [6, 6.07) is 12.3. The average Bonchev–Trinajstić information content (AvgIpc) is 3.20. The fraction of sp³-hybridized carbons (Fsp3) is 0.350. The largest absolute Gasteiger partial charge is 0.414 e. The SMILES string of the molecule is O=C(OC1=CN=CCC1)N1CCC(c2cc(-c3ccccc3)n[nH]2)CC1. The summed E-state index contributed by atoms with van der Waals surface area (Å²) in [5.41, 5.74) is 3.22. The maximum atomic E-state index is 12.3. The summed E-state index contributed by atoms with van der Waals surface area (Å²) in [6.07, 6.45) is 6.57. The van der Waals surface area contributed by atoms with Gasteiger partial charge in [-0.3, -0.25) is 10.1 Å². The van der Waals surface area contributed by atoms with Gasteiger partial charge in [-0.1, -0.05) is 30.3 Å². The lowest BCUT2D eigenvalue weighted by Gasteiger charge is -2.30. The number of benzene rings is 1. The summed E-state index contributed by atoms with van der Waals surface area (Å²) < 4.78 is 5.45. The van der Waals surface area contributed by atoms with Crippen LogP contribution >= 0.6 is 0 Å². The number of aromatic amines is 1. The van der Waals surface area contributed by atoms with Crippen molar-refractivity contribution < 1.29 is 9.53 Å². The molecule has 2 aromatic rings. The Morgan fingerprint density at radius 2 is 2.00 bits per heavy atom. The summed E-state index contributed by atoms with van der Waals surface area (Å²) in [6.45, 7) is 1.39. The average molecular weight is 350 g/mol. The van der Waals surface area contributed by atoms with Gasteiger partial charge in [0.05, 0.1) is 11.9 Å². The van der Waals surface area contributed by atoms with E-state index in [4.69, 9.17) is 4.74 Å². The molecule has 0 spiro atoms. The van der Waals surface area contributed by atoms with E-state index >= 15 is 0 Å². The lowest BCUT2D eigenvalue weighted by Crippen LogP contribution is -2.38. The Morgan fingerprint density at radius 3 is 2.73 bits per heavy atom. The molecule has 6 heteroatoms. The van der Waals surface area contributed by atoms with E-state index in [2.05, 4.69) is 33.4 Å². The van der Waals surface area contributed by atoms with Gasteiger partial charge in [-0.05, 0) is 25.3 Å². The molecule has 1 amide bonds. The first kappa shape index (κ1) is 16.6. The minimum absolute atomic E-state index is 0.263. The molecule has 0 atom stereocenters. The molecular weight excluding hydrogens is 328 g/mol. The third-order valence-corrected chi connectivity index (χ3v) is 4.92. The molecule has 1 aromatic heterocycles. The van der Waals surface area contributed by atoms with E-state index < -0.39 is 0 Å². The van der Waals surface area contributed by atoms with Gasteiger partial charge in [-0.2, -0.15) is 5.10 Å². The van der Waals surface area contributed by atoms with Gasteiger partial charge in [-0.25, -0.2) is 4.79 Å². The van der Waals surface area contributed by atoms with Crippen molar-refractivity contribution in [2.45, 2.75) is 31.6 Å². The van der Waals surface area contributed by atoms with Crippen molar-refractivity contribution in [3.8, 4) is 11.3 Å². The van der Waals surface area contributed by atoms with Crippen molar-refractivity contribution in [2.75, 3.05) is 13.1 Å². The molecule has 0 radical (unpaired) electrons. The van der Waals surface area contributed by atoms with Crippen LogP contribution in [0.5, 0.6) is 0 Å². The number of hydrogen-bond donors (Lipinski definition) is 1. The molecule has 26 heavy (non-hydrogen) atoms. The molecule has 134 valence electrons. The topological polar surface area (TPSA) is 70.6 Å². The van der Waals surface area contributed by atoms with Crippen molar-refractivity contribution in [2.24, 2.45) is 4.99 Å². The number of rotatable bonds is 3. The van der Waals surface area contributed by atoms with Crippen LogP contribution in [-0.2, 0) is 4.74 Å². The fourth-order valence-corrected chi connectivity index (χ4v) is 3.41. The maximum absolute atomic E-state index is 12.3. The molecular formula is C20H22N4O2. The van der Waals surface area contributed by atoms with Crippen molar-refractivity contribution in [3.63, 3.8) is 0 Å². The zero-order valence-electron chi connectivity index (χ0n) is 14.6. The highest BCUT2D eigenvalue weighted by Gasteiger charge is 2.26. The molecule has 2 aliphatic heterocycles. The van der Waals surface area contributed by atoms with Crippen LogP contribution < -0.4 is 0 Å². The number of nitrogens with zero attached hydrogens (tertiary/aromatic N) is 3. The second-order valence-electron chi connectivity index (χ2n) is 6.67. The minimum Gasteiger partial charge on any atom is -0.413 e. The Balaban J connectivity index is 1.34. The predicted octanol–water partition coefficient (Wildman–Crippen LogP) is 4.10. The van der Waals surface area contributed by atoms with E-state index in [1.54, 1.807) is 11.1 Å². The van der Waals surface area contributed by atoms with Crippen molar-refractivity contribution in [1.29, 1.82) is 0 Å². The first-order chi connectivity index (χ1) is 12.8. The van der Waals surface area contributed by atoms with Crippen LogP contribution in [0.4, 0.5) is 4.79 Å². The van der Waals surface area contributed by atoms with Crippen LogP contribution in [0.25, 0.3) is 11.3 Å². The first-order valence-electron chi connectivity index (χ1n) is 9.08. The van der Waals surface area contributed by atoms with Gasteiger partial charge in [0.2, 0.25) is 0 Å². The molecule has 0 aliphatic carbocycles. The molecule has 0 unspecified atom stereocenters. The second-order valence-corrected chi connectivity index (χ2v) is 6.67. The number of aromatic nitrogens is 2. The van der Waals surface area contributed by atoms with Crippen molar-refractivity contribution in [3.05, 3.63) is 54.1 Å². The molecule has 1 saturated heterocycles.